The highest BCUT2D eigenvalue weighted by Gasteiger charge is 2.31. The third kappa shape index (κ3) is 4.05. The molecule has 2 atom stereocenters. The highest BCUT2D eigenvalue weighted by molar-refractivity contribution is 5.85. The van der Waals surface area contributed by atoms with Crippen molar-refractivity contribution in [1.82, 2.24) is 20.4 Å². The topological polar surface area (TPSA) is 44.0 Å². The summed E-state index contributed by atoms with van der Waals surface area (Å²) >= 11 is 0. The van der Waals surface area contributed by atoms with Crippen molar-refractivity contribution in [2.75, 3.05) is 13.1 Å². The molecule has 0 saturated carbocycles. The molecule has 1 aromatic heterocycles. The number of benzene rings is 1. The van der Waals surface area contributed by atoms with E-state index in [2.05, 4.69) is 20.4 Å². The van der Waals surface area contributed by atoms with Crippen LogP contribution in [0.25, 0.3) is 11.3 Å². The van der Waals surface area contributed by atoms with E-state index in [1.807, 2.05) is 0 Å². The van der Waals surface area contributed by atoms with Gasteiger partial charge in [0.25, 0.3) is 0 Å². The molecule has 2 N–H and O–H groups in total. The summed E-state index contributed by atoms with van der Waals surface area (Å²) in [5.41, 5.74) is 1.93. The Morgan fingerprint density at radius 1 is 1.08 bits per heavy atom. The van der Waals surface area contributed by atoms with Crippen LogP contribution in [-0.4, -0.2) is 40.3 Å². The summed E-state index contributed by atoms with van der Waals surface area (Å²) in [6.07, 6.45) is 1.10. The molecule has 2 saturated heterocycles. The molecule has 8 heteroatoms. The molecule has 2 fully saturated rings. The van der Waals surface area contributed by atoms with E-state index in [1.165, 1.54) is 25.0 Å². The van der Waals surface area contributed by atoms with Crippen LogP contribution in [0.3, 0.4) is 0 Å². The minimum Gasteiger partial charge on any atom is -0.310 e. The number of aromatic amines is 1. The van der Waals surface area contributed by atoms with Gasteiger partial charge in [0.2, 0.25) is 0 Å². The van der Waals surface area contributed by atoms with Crippen LogP contribution < -0.4 is 5.32 Å². The Balaban J connectivity index is 0.00000196. The second-order valence-electron chi connectivity index (χ2n) is 7.01. The Morgan fingerprint density at radius 3 is 2.54 bits per heavy atom. The average Bonchev–Trinajstić information content (AvgIpc) is 3.15. The predicted octanol–water partition coefficient (Wildman–Crippen LogP) is 3.84. The molecule has 2 unspecified atom stereocenters. The highest BCUT2D eigenvalue weighted by atomic mass is 35.5. The molecule has 0 aliphatic carbocycles. The summed E-state index contributed by atoms with van der Waals surface area (Å²) in [7, 11) is 0. The Hall–Kier alpha value is -1.57. The number of alkyl halides is 3. The van der Waals surface area contributed by atoms with Gasteiger partial charge >= 0.3 is 6.18 Å². The lowest BCUT2D eigenvalue weighted by Gasteiger charge is -2.23. The number of aromatic nitrogens is 2. The number of hydrogen-bond donors (Lipinski definition) is 2. The van der Waals surface area contributed by atoms with Gasteiger partial charge in [0.05, 0.1) is 17.5 Å². The van der Waals surface area contributed by atoms with Gasteiger partial charge in [0, 0.05) is 37.3 Å². The fourth-order valence-corrected chi connectivity index (χ4v) is 3.91. The largest absolute Gasteiger partial charge is 0.416 e. The lowest BCUT2D eigenvalue weighted by molar-refractivity contribution is -0.137. The quantitative estimate of drug-likeness (QED) is 0.842. The van der Waals surface area contributed by atoms with Crippen LogP contribution in [-0.2, 0) is 12.7 Å². The summed E-state index contributed by atoms with van der Waals surface area (Å²) in [6.45, 7) is 2.80. The molecule has 142 valence electrons. The van der Waals surface area contributed by atoms with Crippen molar-refractivity contribution in [2.24, 2.45) is 0 Å². The fraction of sp³-hybridized carbons (Fsp3) is 0.500. The predicted molar refractivity (Wildman–Crippen MR) is 96.1 cm³/mol. The third-order valence-corrected chi connectivity index (χ3v) is 5.22. The Labute approximate surface area is 156 Å². The fourth-order valence-electron chi connectivity index (χ4n) is 3.91. The number of hydrogen-bond acceptors (Lipinski definition) is 3. The van der Waals surface area contributed by atoms with Crippen LogP contribution in [0.1, 0.15) is 30.4 Å². The van der Waals surface area contributed by atoms with E-state index in [0.29, 0.717) is 12.1 Å². The van der Waals surface area contributed by atoms with Gasteiger partial charge in [0.15, 0.2) is 0 Å². The number of H-pyrrole nitrogens is 1. The third-order valence-electron chi connectivity index (χ3n) is 5.22. The summed E-state index contributed by atoms with van der Waals surface area (Å²) in [5.74, 6) is 0. The Kier molecular flexibility index (Phi) is 5.60. The van der Waals surface area contributed by atoms with Crippen molar-refractivity contribution >= 4 is 12.4 Å². The van der Waals surface area contributed by atoms with Crippen LogP contribution in [0.2, 0.25) is 0 Å². The number of fused-ring (bicyclic) bond motifs is 2. The van der Waals surface area contributed by atoms with Crippen molar-refractivity contribution in [3.63, 3.8) is 0 Å². The number of likely N-dealkylation sites (tertiary alicyclic amines) is 1. The molecule has 3 heterocycles. The van der Waals surface area contributed by atoms with E-state index >= 15 is 0 Å². The molecule has 2 aliphatic heterocycles. The van der Waals surface area contributed by atoms with Crippen LogP contribution >= 0.6 is 12.4 Å². The van der Waals surface area contributed by atoms with Gasteiger partial charge in [-0.05, 0) is 37.0 Å². The monoisotopic (exact) mass is 386 g/mol. The minimum atomic E-state index is -4.31. The Morgan fingerprint density at radius 2 is 1.81 bits per heavy atom. The first-order valence-corrected chi connectivity index (χ1v) is 8.67. The van der Waals surface area contributed by atoms with Crippen molar-refractivity contribution < 1.29 is 13.2 Å². The van der Waals surface area contributed by atoms with E-state index in [1.54, 1.807) is 6.20 Å². The second-order valence-corrected chi connectivity index (χ2v) is 7.01. The normalized spacial score (nSPS) is 23.5. The molecule has 0 amide bonds. The van der Waals surface area contributed by atoms with E-state index in [-0.39, 0.29) is 12.4 Å². The highest BCUT2D eigenvalue weighted by Crippen LogP contribution is 2.31. The maximum absolute atomic E-state index is 12.7. The molecule has 0 spiro atoms. The van der Waals surface area contributed by atoms with E-state index in [9.17, 15) is 13.2 Å². The molecule has 2 bridgehead atoms. The lowest BCUT2D eigenvalue weighted by atomic mass is 10.0. The van der Waals surface area contributed by atoms with Gasteiger partial charge in [-0.25, -0.2) is 0 Å². The van der Waals surface area contributed by atoms with Gasteiger partial charge < -0.3 is 5.32 Å². The van der Waals surface area contributed by atoms with Gasteiger partial charge in [0.1, 0.15) is 0 Å². The number of rotatable bonds is 3. The number of halogens is 4. The summed E-state index contributed by atoms with van der Waals surface area (Å²) in [6, 6.07) is 6.43. The zero-order valence-electron chi connectivity index (χ0n) is 14.2. The molecule has 4 rings (SSSR count). The smallest absolute Gasteiger partial charge is 0.310 e. The van der Waals surface area contributed by atoms with Crippen LogP contribution in [0.15, 0.2) is 30.5 Å². The summed E-state index contributed by atoms with van der Waals surface area (Å²) < 4.78 is 38.2. The first-order valence-electron chi connectivity index (χ1n) is 8.67. The van der Waals surface area contributed by atoms with Crippen LogP contribution in [0.5, 0.6) is 0 Å². The summed E-state index contributed by atoms with van der Waals surface area (Å²) in [4.78, 5) is 2.41. The average molecular weight is 387 g/mol. The second kappa shape index (κ2) is 7.58. The van der Waals surface area contributed by atoms with Crippen molar-refractivity contribution in [1.29, 1.82) is 0 Å². The molecular formula is C18H22ClF3N4. The molecule has 1 aromatic carbocycles. The Bertz CT molecular complexity index is 729. The van der Waals surface area contributed by atoms with Gasteiger partial charge in [-0.3, -0.25) is 10.00 Å². The molecule has 4 nitrogen and oxygen atoms in total. The maximum atomic E-state index is 12.7. The van der Waals surface area contributed by atoms with E-state index < -0.39 is 11.7 Å². The first-order chi connectivity index (χ1) is 12.0. The van der Waals surface area contributed by atoms with Gasteiger partial charge in [-0.15, -0.1) is 12.4 Å². The van der Waals surface area contributed by atoms with Gasteiger partial charge in [-0.1, -0.05) is 12.1 Å². The molecule has 26 heavy (non-hydrogen) atoms. The molecule has 0 radical (unpaired) electrons. The maximum Gasteiger partial charge on any atom is 0.416 e. The molecule has 2 aliphatic rings. The van der Waals surface area contributed by atoms with Crippen molar-refractivity contribution in [3.05, 3.63) is 41.6 Å². The van der Waals surface area contributed by atoms with Gasteiger partial charge in [-0.2, -0.15) is 18.3 Å². The van der Waals surface area contributed by atoms with Crippen molar-refractivity contribution in [2.45, 2.75) is 44.1 Å². The summed E-state index contributed by atoms with van der Waals surface area (Å²) in [5, 5.41) is 10.7. The van der Waals surface area contributed by atoms with Crippen LogP contribution in [0.4, 0.5) is 13.2 Å². The van der Waals surface area contributed by atoms with Crippen molar-refractivity contribution in [3.8, 4) is 11.3 Å². The zero-order valence-corrected chi connectivity index (χ0v) is 15.0. The standard InChI is InChI=1S/C18H21F3N4.ClH/c19-18(20,21)14-3-1-12(2-4-14)17-13(9-22-24-17)10-25-8-7-15-5-6-16(11-25)23-15;/h1-4,9,15-16,23H,5-8,10-11H2,(H,22,24);1H. The van der Waals surface area contributed by atoms with Crippen LogP contribution in [0, 0.1) is 0 Å². The minimum absolute atomic E-state index is 0. The SMILES string of the molecule is Cl.FC(F)(F)c1ccc(-c2[nH]ncc2CN2CCC3CCC(C2)N3)cc1. The lowest BCUT2D eigenvalue weighted by Crippen LogP contribution is -2.34. The number of nitrogens with one attached hydrogen (secondary N) is 2. The van der Waals surface area contributed by atoms with E-state index in [0.717, 1.165) is 55.0 Å². The number of nitrogens with zero attached hydrogens (tertiary/aromatic N) is 2. The zero-order chi connectivity index (χ0) is 17.4. The first kappa shape index (κ1) is 19.2. The molecule has 2 aromatic rings. The molecular weight excluding hydrogens is 365 g/mol. The van der Waals surface area contributed by atoms with E-state index in [4.69, 9.17) is 0 Å².